The van der Waals surface area contributed by atoms with Crippen LogP contribution in [0.2, 0.25) is 0 Å². The number of halogens is 2. The number of rotatable bonds is 7. The van der Waals surface area contributed by atoms with Gasteiger partial charge in [-0.15, -0.1) is 0 Å². The number of carbonyl (C=O) groups excluding carboxylic acids is 3. The molecule has 0 fully saturated rings. The summed E-state index contributed by atoms with van der Waals surface area (Å²) in [6, 6.07) is 1.88. The Morgan fingerprint density at radius 2 is 1.95 bits per heavy atom. The van der Waals surface area contributed by atoms with E-state index in [9.17, 15) is 23.2 Å². The van der Waals surface area contributed by atoms with E-state index in [2.05, 4.69) is 10.6 Å². The van der Waals surface area contributed by atoms with Gasteiger partial charge in [0.2, 0.25) is 11.8 Å². The lowest BCUT2D eigenvalue weighted by molar-refractivity contribution is -0.127. The van der Waals surface area contributed by atoms with Gasteiger partial charge in [0.25, 0.3) is 5.91 Å². The first-order valence-corrected chi connectivity index (χ1v) is 6.63. The number of amides is 3. The highest BCUT2D eigenvalue weighted by Gasteiger charge is 2.13. The fraction of sp³-hybridized carbons (Fsp3) is 0.357. The molecule has 0 aliphatic heterocycles. The van der Waals surface area contributed by atoms with Crippen molar-refractivity contribution in [1.29, 1.82) is 0 Å². The Labute approximate surface area is 126 Å². The van der Waals surface area contributed by atoms with Gasteiger partial charge in [-0.1, -0.05) is 0 Å². The lowest BCUT2D eigenvalue weighted by atomic mass is 10.2. The lowest BCUT2D eigenvalue weighted by Gasteiger charge is -2.10. The van der Waals surface area contributed by atoms with Gasteiger partial charge in [-0.2, -0.15) is 0 Å². The van der Waals surface area contributed by atoms with E-state index in [1.165, 1.54) is 6.92 Å². The molecular formula is C14H17F2N3O3. The Bertz CT molecular complexity index is 578. The van der Waals surface area contributed by atoms with Crippen molar-refractivity contribution in [3.8, 4) is 0 Å². The maximum Gasteiger partial charge on any atom is 0.254 e. The van der Waals surface area contributed by atoms with Crippen LogP contribution in [0.15, 0.2) is 18.2 Å². The Morgan fingerprint density at radius 3 is 2.55 bits per heavy atom. The number of primary amides is 1. The van der Waals surface area contributed by atoms with Crippen LogP contribution in [-0.4, -0.2) is 30.3 Å². The molecule has 1 atom stereocenters. The van der Waals surface area contributed by atoms with Gasteiger partial charge in [0.15, 0.2) is 0 Å². The largest absolute Gasteiger partial charge is 0.368 e. The highest BCUT2D eigenvalue weighted by atomic mass is 19.1. The molecule has 120 valence electrons. The summed E-state index contributed by atoms with van der Waals surface area (Å²) in [5.41, 5.74) is 4.72. The summed E-state index contributed by atoms with van der Waals surface area (Å²) in [7, 11) is 0. The van der Waals surface area contributed by atoms with Crippen LogP contribution in [0.25, 0.3) is 0 Å². The van der Waals surface area contributed by atoms with E-state index in [1.54, 1.807) is 0 Å². The van der Waals surface area contributed by atoms with Crippen molar-refractivity contribution in [2.75, 3.05) is 6.54 Å². The second kappa shape index (κ2) is 8.06. The molecule has 0 radical (unpaired) electrons. The molecule has 0 aliphatic carbocycles. The van der Waals surface area contributed by atoms with Gasteiger partial charge in [0.1, 0.15) is 17.7 Å². The van der Waals surface area contributed by atoms with Crippen LogP contribution in [0.4, 0.5) is 8.78 Å². The smallest absolute Gasteiger partial charge is 0.254 e. The maximum absolute atomic E-state index is 13.3. The molecule has 0 saturated carbocycles. The van der Waals surface area contributed by atoms with Crippen molar-refractivity contribution >= 4 is 17.7 Å². The molecule has 0 aliphatic rings. The minimum atomic E-state index is -0.953. The molecule has 3 amide bonds. The molecule has 0 aromatic heterocycles. The average Bonchev–Trinajstić information content (AvgIpc) is 2.43. The fourth-order valence-electron chi connectivity index (χ4n) is 1.60. The van der Waals surface area contributed by atoms with Crippen molar-refractivity contribution < 1.29 is 23.2 Å². The van der Waals surface area contributed by atoms with E-state index in [0.29, 0.717) is 12.5 Å². The van der Waals surface area contributed by atoms with Crippen LogP contribution in [0.5, 0.6) is 0 Å². The number of hydrogen-bond acceptors (Lipinski definition) is 3. The minimum absolute atomic E-state index is 0.0732. The Hall–Kier alpha value is -2.51. The van der Waals surface area contributed by atoms with Crippen LogP contribution in [0.3, 0.4) is 0 Å². The second-order valence-electron chi connectivity index (χ2n) is 4.68. The van der Waals surface area contributed by atoms with Crippen molar-refractivity contribution in [3.05, 3.63) is 35.4 Å². The molecule has 4 N–H and O–H groups in total. The number of nitrogens with one attached hydrogen (secondary N) is 2. The molecule has 22 heavy (non-hydrogen) atoms. The third-order valence-electron chi connectivity index (χ3n) is 2.85. The monoisotopic (exact) mass is 313 g/mol. The van der Waals surface area contributed by atoms with Gasteiger partial charge in [-0.3, -0.25) is 14.4 Å². The third-order valence-corrected chi connectivity index (χ3v) is 2.85. The highest BCUT2D eigenvalue weighted by Crippen LogP contribution is 2.09. The van der Waals surface area contributed by atoms with E-state index in [4.69, 9.17) is 5.73 Å². The molecule has 1 aromatic carbocycles. The van der Waals surface area contributed by atoms with E-state index < -0.39 is 29.5 Å². The maximum atomic E-state index is 13.3. The highest BCUT2D eigenvalue weighted by molar-refractivity contribution is 5.94. The molecule has 1 aromatic rings. The van der Waals surface area contributed by atoms with Crippen LogP contribution < -0.4 is 16.4 Å². The number of benzene rings is 1. The Kier molecular flexibility index (Phi) is 6.43. The van der Waals surface area contributed by atoms with E-state index in [1.807, 2.05) is 0 Å². The molecule has 6 nitrogen and oxygen atoms in total. The minimum Gasteiger partial charge on any atom is -0.368 e. The normalized spacial score (nSPS) is 11.6. The predicted octanol–water partition coefficient (Wildman–Crippen LogP) is 0.465. The van der Waals surface area contributed by atoms with Gasteiger partial charge in [0, 0.05) is 19.0 Å². The first kappa shape index (κ1) is 17.5. The zero-order valence-electron chi connectivity index (χ0n) is 12.0. The Morgan fingerprint density at radius 1 is 1.27 bits per heavy atom. The molecule has 1 rings (SSSR count). The summed E-state index contributed by atoms with van der Waals surface area (Å²) in [4.78, 5) is 33.8. The third kappa shape index (κ3) is 5.47. The fourth-order valence-corrected chi connectivity index (χ4v) is 1.60. The first-order valence-electron chi connectivity index (χ1n) is 6.63. The number of hydrogen-bond donors (Lipinski definition) is 3. The van der Waals surface area contributed by atoms with Crippen LogP contribution in [0, 0.1) is 11.6 Å². The van der Waals surface area contributed by atoms with Gasteiger partial charge in [-0.05, 0) is 25.5 Å². The summed E-state index contributed by atoms with van der Waals surface area (Å²) in [5, 5.41) is 4.80. The Balaban J connectivity index is 2.34. The number of nitrogens with two attached hydrogens (primary N) is 1. The average molecular weight is 313 g/mol. The van der Waals surface area contributed by atoms with E-state index in [-0.39, 0.29) is 24.4 Å². The molecule has 0 heterocycles. The molecule has 8 heteroatoms. The molecule has 1 unspecified atom stereocenters. The summed E-state index contributed by atoms with van der Waals surface area (Å²) in [6.45, 7) is 1.59. The standard InChI is InChI=1S/C14H17F2N3O3/c1-8(13(17)21)19-12(20)3-2-6-18-14(22)10-5-4-9(15)7-11(10)16/h4-5,7-8H,2-3,6H2,1H3,(H2,17,21)(H,18,22)(H,19,20). The summed E-state index contributed by atoms with van der Waals surface area (Å²) >= 11 is 0. The summed E-state index contributed by atoms with van der Waals surface area (Å²) < 4.78 is 26.1. The summed E-state index contributed by atoms with van der Waals surface area (Å²) in [5.74, 6) is -3.44. The van der Waals surface area contributed by atoms with E-state index in [0.717, 1.165) is 12.1 Å². The molecule has 0 saturated heterocycles. The number of carbonyl (C=O) groups is 3. The van der Waals surface area contributed by atoms with Crippen LogP contribution >= 0.6 is 0 Å². The second-order valence-corrected chi connectivity index (χ2v) is 4.68. The van der Waals surface area contributed by atoms with Crippen LogP contribution in [0.1, 0.15) is 30.1 Å². The van der Waals surface area contributed by atoms with Gasteiger partial charge in [-0.25, -0.2) is 8.78 Å². The molecule has 0 spiro atoms. The molecule has 0 bridgehead atoms. The lowest BCUT2D eigenvalue weighted by Crippen LogP contribution is -2.42. The van der Waals surface area contributed by atoms with Crippen LogP contribution in [-0.2, 0) is 9.59 Å². The van der Waals surface area contributed by atoms with Crippen molar-refractivity contribution in [2.24, 2.45) is 5.73 Å². The summed E-state index contributed by atoms with van der Waals surface area (Å²) in [6.07, 6.45) is 0.371. The van der Waals surface area contributed by atoms with Crippen molar-refractivity contribution in [3.63, 3.8) is 0 Å². The molecular weight excluding hydrogens is 296 g/mol. The van der Waals surface area contributed by atoms with Crippen molar-refractivity contribution in [1.82, 2.24) is 10.6 Å². The van der Waals surface area contributed by atoms with Gasteiger partial charge in [0.05, 0.1) is 5.56 Å². The SMILES string of the molecule is CC(NC(=O)CCCNC(=O)c1ccc(F)cc1F)C(N)=O. The predicted molar refractivity (Wildman–Crippen MR) is 74.7 cm³/mol. The first-order chi connectivity index (χ1) is 10.3. The van der Waals surface area contributed by atoms with E-state index >= 15 is 0 Å². The zero-order valence-corrected chi connectivity index (χ0v) is 12.0. The zero-order chi connectivity index (χ0) is 16.7. The quantitative estimate of drug-likeness (QED) is 0.638. The van der Waals surface area contributed by atoms with Crippen molar-refractivity contribution in [2.45, 2.75) is 25.8 Å². The van der Waals surface area contributed by atoms with Gasteiger partial charge >= 0.3 is 0 Å². The topological polar surface area (TPSA) is 101 Å². The van der Waals surface area contributed by atoms with Gasteiger partial charge < -0.3 is 16.4 Å².